The molecule has 0 bridgehead atoms. The summed E-state index contributed by atoms with van der Waals surface area (Å²) in [5.74, 6) is 0.327. The number of ether oxygens (including phenoxy) is 2. The van der Waals surface area contributed by atoms with Crippen molar-refractivity contribution >= 4 is 51.9 Å². The van der Waals surface area contributed by atoms with Gasteiger partial charge in [-0.3, -0.25) is 14.5 Å². The minimum Gasteiger partial charge on any atom is -0.493 e. The summed E-state index contributed by atoms with van der Waals surface area (Å²) in [4.78, 5) is 26.6. The normalized spacial score (nSPS) is 15.0. The van der Waals surface area contributed by atoms with Crippen LogP contribution in [0.5, 0.6) is 11.5 Å². The SMILES string of the molecule is CCCCOc1ccc(/C=C2\SC(=S)N(c3ccccc3C(N)=O)C2=O)cc1OC. The van der Waals surface area contributed by atoms with Crippen molar-refractivity contribution < 1.29 is 19.1 Å². The molecule has 1 fully saturated rings. The summed E-state index contributed by atoms with van der Waals surface area (Å²) in [5.41, 5.74) is 6.85. The van der Waals surface area contributed by atoms with Crippen LogP contribution in [-0.2, 0) is 4.79 Å². The van der Waals surface area contributed by atoms with Gasteiger partial charge >= 0.3 is 0 Å². The van der Waals surface area contributed by atoms with Crippen molar-refractivity contribution in [2.45, 2.75) is 19.8 Å². The molecule has 1 aliphatic rings. The second-order valence-corrected chi connectivity index (χ2v) is 8.19. The number of carbonyl (C=O) groups excluding carboxylic acids is 2. The maximum Gasteiger partial charge on any atom is 0.270 e. The van der Waals surface area contributed by atoms with Gasteiger partial charge in [0.25, 0.3) is 11.8 Å². The molecule has 3 rings (SSSR count). The highest BCUT2D eigenvalue weighted by molar-refractivity contribution is 8.27. The molecule has 0 radical (unpaired) electrons. The van der Waals surface area contributed by atoms with E-state index in [9.17, 15) is 9.59 Å². The second kappa shape index (κ2) is 9.77. The summed E-state index contributed by atoms with van der Waals surface area (Å²) in [7, 11) is 1.58. The van der Waals surface area contributed by atoms with E-state index in [0.29, 0.717) is 33.0 Å². The molecule has 30 heavy (non-hydrogen) atoms. The molecule has 0 unspecified atom stereocenters. The van der Waals surface area contributed by atoms with Crippen LogP contribution in [-0.4, -0.2) is 29.9 Å². The molecule has 2 aromatic rings. The number of para-hydroxylation sites is 1. The topological polar surface area (TPSA) is 81.9 Å². The number of methoxy groups -OCH3 is 1. The molecule has 0 atom stereocenters. The Bertz CT molecular complexity index is 1020. The van der Waals surface area contributed by atoms with Gasteiger partial charge in [-0.2, -0.15) is 0 Å². The number of amides is 2. The lowest BCUT2D eigenvalue weighted by Gasteiger charge is -2.17. The number of anilines is 1. The summed E-state index contributed by atoms with van der Waals surface area (Å²) in [6.07, 6.45) is 3.74. The van der Waals surface area contributed by atoms with Gasteiger partial charge in [-0.15, -0.1) is 0 Å². The Morgan fingerprint density at radius 3 is 2.70 bits per heavy atom. The highest BCUT2D eigenvalue weighted by Gasteiger charge is 2.35. The van der Waals surface area contributed by atoms with Crippen molar-refractivity contribution in [1.29, 1.82) is 0 Å². The molecular formula is C22H22N2O4S2. The maximum absolute atomic E-state index is 13.0. The van der Waals surface area contributed by atoms with Crippen LogP contribution in [0.3, 0.4) is 0 Å². The van der Waals surface area contributed by atoms with E-state index in [4.69, 9.17) is 27.4 Å². The average molecular weight is 443 g/mol. The third kappa shape index (κ3) is 4.66. The molecule has 1 saturated heterocycles. The van der Waals surface area contributed by atoms with Crippen LogP contribution in [0.2, 0.25) is 0 Å². The number of hydrogen-bond acceptors (Lipinski definition) is 6. The van der Waals surface area contributed by atoms with Crippen LogP contribution in [0.15, 0.2) is 47.4 Å². The van der Waals surface area contributed by atoms with Gasteiger partial charge in [-0.1, -0.05) is 55.5 Å². The molecule has 6 nitrogen and oxygen atoms in total. The van der Waals surface area contributed by atoms with Crippen LogP contribution >= 0.6 is 24.0 Å². The van der Waals surface area contributed by atoms with E-state index in [1.54, 1.807) is 37.5 Å². The number of hydrogen-bond donors (Lipinski definition) is 1. The first-order valence-electron chi connectivity index (χ1n) is 9.44. The van der Waals surface area contributed by atoms with Crippen LogP contribution in [0, 0.1) is 0 Å². The molecule has 1 heterocycles. The maximum atomic E-state index is 13.0. The molecule has 0 spiro atoms. The van der Waals surface area contributed by atoms with E-state index in [1.807, 2.05) is 18.2 Å². The number of rotatable bonds is 8. The lowest BCUT2D eigenvalue weighted by atomic mass is 10.1. The molecular weight excluding hydrogens is 420 g/mol. The Morgan fingerprint density at radius 1 is 1.23 bits per heavy atom. The number of nitrogens with two attached hydrogens (primary N) is 1. The quantitative estimate of drug-likeness (QED) is 0.371. The zero-order valence-corrected chi connectivity index (χ0v) is 18.3. The molecule has 8 heteroatoms. The van der Waals surface area contributed by atoms with Gasteiger partial charge in [0.2, 0.25) is 0 Å². The zero-order valence-electron chi connectivity index (χ0n) is 16.7. The monoisotopic (exact) mass is 442 g/mol. The largest absolute Gasteiger partial charge is 0.493 e. The van der Waals surface area contributed by atoms with E-state index in [1.165, 1.54) is 16.7 Å². The fourth-order valence-electron chi connectivity index (χ4n) is 2.92. The van der Waals surface area contributed by atoms with E-state index in [0.717, 1.165) is 18.4 Å². The van der Waals surface area contributed by atoms with Crippen molar-refractivity contribution in [3.63, 3.8) is 0 Å². The lowest BCUT2D eigenvalue weighted by molar-refractivity contribution is -0.113. The minimum atomic E-state index is -0.618. The predicted molar refractivity (Wildman–Crippen MR) is 124 cm³/mol. The van der Waals surface area contributed by atoms with Crippen molar-refractivity contribution in [3.05, 3.63) is 58.5 Å². The summed E-state index contributed by atoms with van der Waals surface area (Å²) in [5, 5.41) is 0. The molecule has 156 valence electrons. The predicted octanol–water partition coefficient (Wildman–Crippen LogP) is 4.38. The van der Waals surface area contributed by atoms with Gasteiger partial charge in [0.15, 0.2) is 15.8 Å². The number of nitrogens with zero attached hydrogens (tertiary/aromatic N) is 1. The first-order chi connectivity index (χ1) is 14.5. The lowest BCUT2D eigenvalue weighted by Crippen LogP contribution is -2.30. The number of benzene rings is 2. The smallest absolute Gasteiger partial charge is 0.270 e. The molecule has 1 aliphatic heterocycles. The Kier molecular flexibility index (Phi) is 7.12. The van der Waals surface area contributed by atoms with Crippen molar-refractivity contribution in [3.8, 4) is 11.5 Å². The van der Waals surface area contributed by atoms with Crippen molar-refractivity contribution in [2.24, 2.45) is 5.73 Å². The number of thioether (sulfide) groups is 1. The standard InChI is InChI=1S/C22H22N2O4S2/c1-3-4-11-28-17-10-9-14(12-18(17)27-2)13-19-21(26)24(22(29)30-19)16-8-6-5-7-15(16)20(23)25/h5-10,12-13H,3-4,11H2,1-2H3,(H2,23,25)/b19-13-. The number of carbonyl (C=O) groups is 2. The Morgan fingerprint density at radius 2 is 2.00 bits per heavy atom. The number of unbranched alkanes of at least 4 members (excludes halogenated alkanes) is 1. The highest BCUT2D eigenvalue weighted by Crippen LogP contribution is 2.38. The third-order valence-corrected chi connectivity index (χ3v) is 5.75. The molecule has 0 saturated carbocycles. The van der Waals surface area contributed by atoms with Gasteiger partial charge in [0.1, 0.15) is 0 Å². The molecule has 0 aromatic heterocycles. The van der Waals surface area contributed by atoms with E-state index >= 15 is 0 Å². The third-order valence-electron chi connectivity index (χ3n) is 4.45. The van der Waals surface area contributed by atoms with Crippen molar-refractivity contribution in [1.82, 2.24) is 0 Å². The second-order valence-electron chi connectivity index (χ2n) is 6.51. The highest BCUT2D eigenvalue weighted by atomic mass is 32.2. The zero-order chi connectivity index (χ0) is 21.7. The number of primary amides is 1. The van der Waals surface area contributed by atoms with E-state index in [-0.39, 0.29) is 11.5 Å². The first kappa shape index (κ1) is 21.9. The fourth-order valence-corrected chi connectivity index (χ4v) is 4.21. The van der Waals surface area contributed by atoms with Gasteiger partial charge in [0.05, 0.1) is 29.9 Å². The fraction of sp³-hybridized carbons (Fsp3) is 0.227. The van der Waals surface area contributed by atoms with E-state index in [2.05, 4.69) is 6.92 Å². The van der Waals surface area contributed by atoms with Gasteiger partial charge in [0, 0.05) is 0 Å². The van der Waals surface area contributed by atoms with Crippen LogP contribution in [0.1, 0.15) is 35.7 Å². The number of thiocarbonyl (C=S) groups is 1. The molecule has 2 N–H and O–H groups in total. The van der Waals surface area contributed by atoms with Gasteiger partial charge in [-0.05, 0) is 42.3 Å². The summed E-state index contributed by atoms with van der Waals surface area (Å²) in [6, 6.07) is 12.1. The summed E-state index contributed by atoms with van der Waals surface area (Å²) in [6.45, 7) is 2.71. The van der Waals surface area contributed by atoms with Crippen LogP contribution in [0.4, 0.5) is 5.69 Å². The summed E-state index contributed by atoms with van der Waals surface area (Å²) < 4.78 is 11.5. The average Bonchev–Trinajstić information content (AvgIpc) is 3.01. The van der Waals surface area contributed by atoms with Crippen LogP contribution in [0.25, 0.3) is 6.08 Å². The van der Waals surface area contributed by atoms with E-state index < -0.39 is 5.91 Å². The van der Waals surface area contributed by atoms with Gasteiger partial charge < -0.3 is 15.2 Å². The molecule has 2 amide bonds. The Labute approximate surface area is 185 Å². The summed E-state index contributed by atoms with van der Waals surface area (Å²) >= 11 is 6.57. The molecule has 2 aromatic carbocycles. The Hall–Kier alpha value is -2.84. The van der Waals surface area contributed by atoms with Gasteiger partial charge in [-0.25, -0.2) is 0 Å². The Balaban J connectivity index is 1.88. The minimum absolute atomic E-state index is 0.241. The molecule has 0 aliphatic carbocycles. The van der Waals surface area contributed by atoms with Crippen LogP contribution < -0.4 is 20.1 Å². The first-order valence-corrected chi connectivity index (χ1v) is 10.7. The van der Waals surface area contributed by atoms with Crippen molar-refractivity contribution in [2.75, 3.05) is 18.6 Å².